The number of carbonyl (C=O) groups excluding carboxylic acids is 1. The van der Waals surface area contributed by atoms with Crippen LogP contribution in [0.1, 0.15) is 17.0 Å². The Kier molecular flexibility index (Phi) is 5.80. The first-order valence-electron chi connectivity index (χ1n) is 6.97. The number of carbonyl (C=O) groups is 1. The SMILES string of the molecule is Cc1cccc(CNC(=O)/C=C/c2ccccc2OC(F)F)n1. The van der Waals surface area contributed by atoms with Crippen molar-refractivity contribution in [1.82, 2.24) is 10.3 Å². The predicted octanol–water partition coefficient (Wildman–Crippen LogP) is 3.32. The van der Waals surface area contributed by atoms with Crippen LogP contribution in [0, 0.1) is 6.92 Å². The molecule has 0 aliphatic heterocycles. The summed E-state index contributed by atoms with van der Waals surface area (Å²) in [6, 6.07) is 11.8. The number of pyridine rings is 1. The molecule has 1 N–H and O–H groups in total. The van der Waals surface area contributed by atoms with Gasteiger partial charge in [0, 0.05) is 17.3 Å². The third-order valence-corrected chi connectivity index (χ3v) is 2.94. The summed E-state index contributed by atoms with van der Waals surface area (Å²) in [7, 11) is 0. The van der Waals surface area contributed by atoms with Crippen molar-refractivity contribution in [3.8, 4) is 5.75 Å². The van der Waals surface area contributed by atoms with Crippen LogP contribution in [0.4, 0.5) is 8.78 Å². The second kappa shape index (κ2) is 8.03. The summed E-state index contributed by atoms with van der Waals surface area (Å²) in [6.07, 6.45) is 2.69. The van der Waals surface area contributed by atoms with Gasteiger partial charge in [-0.2, -0.15) is 8.78 Å². The Balaban J connectivity index is 1.96. The highest BCUT2D eigenvalue weighted by Gasteiger charge is 2.07. The van der Waals surface area contributed by atoms with Crippen molar-refractivity contribution in [3.63, 3.8) is 0 Å². The van der Waals surface area contributed by atoms with E-state index in [1.165, 1.54) is 18.2 Å². The first-order chi connectivity index (χ1) is 11.0. The number of rotatable bonds is 6. The van der Waals surface area contributed by atoms with Crippen molar-refractivity contribution in [2.24, 2.45) is 0 Å². The molecule has 120 valence electrons. The maximum Gasteiger partial charge on any atom is 0.387 e. The molecule has 0 fully saturated rings. The van der Waals surface area contributed by atoms with E-state index in [0.29, 0.717) is 12.1 Å². The Morgan fingerprint density at radius 1 is 1.26 bits per heavy atom. The fourth-order valence-corrected chi connectivity index (χ4v) is 1.92. The lowest BCUT2D eigenvalue weighted by atomic mass is 10.2. The zero-order valence-corrected chi connectivity index (χ0v) is 12.5. The molecule has 0 radical (unpaired) electrons. The minimum atomic E-state index is -2.91. The molecule has 0 saturated heterocycles. The monoisotopic (exact) mass is 318 g/mol. The molecule has 1 aromatic heterocycles. The van der Waals surface area contributed by atoms with Gasteiger partial charge in [-0.05, 0) is 31.2 Å². The largest absolute Gasteiger partial charge is 0.434 e. The smallest absolute Gasteiger partial charge is 0.387 e. The van der Waals surface area contributed by atoms with E-state index in [1.54, 1.807) is 18.2 Å². The number of hydrogen-bond acceptors (Lipinski definition) is 3. The number of ether oxygens (including phenoxy) is 1. The fourth-order valence-electron chi connectivity index (χ4n) is 1.92. The first-order valence-corrected chi connectivity index (χ1v) is 6.97. The number of nitrogens with zero attached hydrogens (tertiary/aromatic N) is 1. The van der Waals surface area contributed by atoms with Gasteiger partial charge in [-0.1, -0.05) is 24.3 Å². The highest BCUT2D eigenvalue weighted by Crippen LogP contribution is 2.21. The van der Waals surface area contributed by atoms with Gasteiger partial charge in [0.25, 0.3) is 0 Å². The van der Waals surface area contributed by atoms with E-state index < -0.39 is 6.61 Å². The van der Waals surface area contributed by atoms with Crippen LogP contribution >= 0.6 is 0 Å². The number of benzene rings is 1. The molecular formula is C17H16F2N2O2. The van der Waals surface area contributed by atoms with Crippen LogP contribution in [0.15, 0.2) is 48.5 Å². The summed E-state index contributed by atoms with van der Waals surface area (Å²) < 4.78 is 29.0. The minimum Gasteiger partial charge on any atom is -0.434 e. The quantitative estimate of drug-likeness (QED) is 0.831. The zero-order chi connectivity index (χ0) is 16.7. The maximum absolute atomic E-state index is 12.3. The molecule has 0 bridgehead atoms. The molecule has 1 aromatic carbocycles. The Bertz CT molecular complexity index is 702. The van der Waals surface area contributed by atoms with Crippen LogP contribution in [0.5, 0.6) is 5.75 Å². The normalized spacial score (nSPS) is 11.0. The van der Waals surface area contributed by atoms with Gasteiger partial charge >= 0.3 is 6.61 Å². The van der Waals surface area contributed by atoms with E-state index in [4.69, 9.17) is 0 Å². The van der Waals surface area contributed by atoms with Crippen LogP contribution in [-0.2, 0) is 11.3 Å². The molecule has 0 saturated carbocycles. The summed E-state index contributed by atoms with van der Waals surface area (Å²) in [4.78, 5) is 16.1. The van der Waals surface area contributed by atoms with Crippen LogP contribution in [0.3, 0.4) is 0 Å². The molecule has 0 aliphatic rings. The Labute approximate surface area is 132 Å². The topological polar surface area (TPSA) is 51.2 Å². The van der Waals surface area contributed by atoms with Crippen LogP contribution in [0.2, 0.25) is 0 Å². The van der Waals surface area contributed by atoms with Gasteiger partial charge in [0.05, 0.1) is 12.2 Å². The molecule has 4 nitrogen and oxygen atoms in total. The number of hydrogen-bond donors (Lipinski definition) is 1. The van der Waals surface area contributed by atoms with Crippen LogP contribution in [-0.4, -0.2) is 17.5 Å². The number of halogens is 2. The summed E-state index contributed by atoms with van der Waals surface area (Å²) in [5, 5.41) is 2.68. The summed E-state index contributed by atoms with van der Waals surface area (Å²) >= 11 is 0. The first kappa shape index (κ1) is 16.6. The van der Waals surface area contributed by atoms with E-state index in [-0.39, 0.29) is 11.7 Å². The van der Waals surface area contributed by atoms with Crippen molar-refractivity contribution in [2.75, 3.05) is 0 Å². The number of aryl methyl sites for hydroxylation is 1. The maximum atomic E-state index is 12.3. The standard InChI is InChI=1S/C17H16F2N2O2/c1-12-5-4-7-14(21-12)11-20-16(22)10-9-13-6-2-3-8-15(13)23-17(18)19/h2-10,17H,11H2,1H3,(H,20,22)/b10-9+. The number of alkyl halides is 2. The third kappa shape index (κ3) is 5.50. The molecule has 1 heterocycles. The molecule has 6 heteroatoms. The van der Waals surface area contributed by atoms with Gasteiger partial charge in [-0.25, -0.2) is 0 Å². The molecule has 0 spiro atoms. The Morgan fingerprint density at radius 3 is 2.78 bits per heavy atom. The van der Waals surface area contributed by atoms with E-state index in [9.17, 15) is 13.6 Å². The lowest BCUT2D eigenvalue weighted by Crippen LogP contribution is -2.20. The van der Waals surface area contributed by atoms with Crippen LogP contribution in [0.25, 0.3) is 6.08 Å². The van der Waals surface area contributed by atoms with Crippen molar-refractivity contribution < 1.29 is 18.3 Å². The molecule has 0 atom stereocenters. The minimum absolute atomic E-state index is 0.0203. The second-order valence-corrected chi connectivity index (χ2v) is 4.74. The predicted molar refractivity (Wildman–Crippen MR) is 82.9 cm³/mol. The number of amides is 1. The lowest BCUT2D eigenvalue weighted by Gasteiger charge is -2.07. The summed E-state index contributed by atoms with van der Waals surface area (Å²) in [5.74, 6) is -0.327. The van der Waals surface area contributed by atoms with Crippen molar-refractivity contribution in [1.29, 1.82) is 0 Å². The van der Waals surface area contributed by atoms with Gasteiger partial charge in [-0.3, -0.25) is 9.78 Å². The average molecular weight is 318 g/mol. The van der Waals surface area contributed by atoms with E-state index >= 15 is 0 Å². The van der Waals surface area contributed by atoms with Crippen molar-refractivity contribution >= 4 is 12.0 Å². The molecular weight excluding hydrogens is 302 g/mol. The Morgan fingerprint density at radius 2 is 2.04 bits per heavy atom. The van der Waals surface area contributed by atoms with Crippen LogP contribution < -0.4 is 10.1 Å². The zero-order valence-electron chi connectivity index (χ0n) is 12.5. The van der Waals surface area contributed by atoms with Gasteiger partial charge in [0.2, 0.25) is 5.91 Å². The third-order valence-electron chi connectivity index (χ3n) is 2.94. The lowest BCUT2D eigenvalue weighted by molar-refractivity contribution is -0.116. The number of aromatic nitrogens is 1. The van der Waals surface area contributed by atoms with E-state index in [2.05, 4.69) is 15.0 Å². The Hall–Kier alpha value is -2.76. The fraction of sp³-hybridized carbons (Fsp3) is 0.176. The molecule has 23 heavy (non-hydrogen) atoms. The van der Waals surface area contributed by atoms with Crippen molar-refractivity contribution in [3.05, 3.63) is 65.5 Å². The van der Waals surface area contributed by atoms with Crippen molar-refractivity contribution in [2.45, 2.75) is 20.1 Å². The molecule has 0 unspecified atom stereocenters. The summed E-state index contributed by atoms with van der Waals surface area (Å²) in [6.45, 7) is -0.753. The number of nitrogens with one attached hydrogen (secondary N) is 1. The molecule has 2 aromatic rings. The van der Waals surface area contributed by atoms with Gasteiger partial charge in [-0.15, -0.1) is 0 Å². The molecule has 1 amide bonds. The molecule has 2 rings (SSSR count). The highest BCUT2D eigenvalue weighted by molar-refractivity contribution is 5.92. The second-order valence-electron chi connectivity index (χ2n) is 4.74. The van der Waals surface area contributed by atoms with Gasteiger partial charge in [0.1, 0.15) is 5.75 Å². The van der Waals surface area contributed by atoms with Gasteiger partial charge < -0.3 is 10.1 Å². The number of para-hydroxylation sites is 1. The van der Waals surface area contributed by atoms with Gasteiger partial charge in [0.15, 0.2) is 0 Å². The highest BCUT2D eigenvalue weighted by atomic mass is 19.3. The van der Waals surface area contributed by atoms with E-state index in [0.717, 1.165) is 11.4 Å². The summed E-state index contributed by atoms with van der Waals surface area (Å²) in [5.41, 5.74) is 2.01. The molecule has 0 aliphatic carbocycles. The van der Waals surface area contributed by atoms with E-state index in [1.807, 2.05) is 25.1 Å². The average Bonchev–Trinajstić information content (AvgIpc) is 2.51.